The lowest BCUT2D eigenvalue weighted by Crippen LogP contribution is -2.29. The summed E-state index contributed by atoms with van der Waals surface area (Å²) in [6, 6.07) is 10.2. The van der Waals surface area contributed by atoms with Gasteiger partial charge in [-0.15, -0.1) is 0 Å². The van der Waals surface area contributed by atoms with E-state index in [0.29, 0.717) is 12.4 Å². The predicted molar refractivity (Wildman–Crippen MR) is 122 cm³/mol. The number of benzene rings is 1. The predicted octanol–water partition coefficient (Wildman–Crippen LogP) is 3.40. The first-order valence-corrected chi connectivity index (χ1v) is 10.1. The average molecular weight is 410 g/mol. The number of nitrogens with two attached hydrogens (primary N) is 1. The number of amides is 1. The number of hydrogen-bond acceptors (Lipinski definition) is 5. The molecule has 0 saturated heterocycles. The van der Waals surface area contributed by atoms with Gasteiger partial charge >= 0.3 is 0 Å². The highest BCUT2D eigenvalue weighted by atomic mass is 16.1. The Kier molecular flexibility index (Phi) is 4.51. The van der Waals surface area contributed by atoms with Crippen molar-refractivity contribution < 1.29 is 4.79 Å². The lowest BCUT2D eigenvalue weighted by molar-refractivity contribution is -0.116. The third-order valence-corrected chi connectivity index (χ3v) is 5.79. The molecule has 0 aliphatic heterocycles. The van der Waals surface area contributed by atoms with Crippen LogP contribution >= 0.6 is 0 Å². The maximum Gasteiger partial charge on any atom is 0.243 e. The van der Waals surface area contributed by atoms with Crippen molar-refractivity contribution in [2.24, 2.45) is 5.92 Å². The number of hydrogen-bond donors (Lipinski definition) is 2. The zero-order valence-electron chi connectivity index (χ0n) is 17.2. The Balaban J connectivity index is 1.70. The number of carbonyl (C=O) groups excluding carboxylic acids is 1. The fourth-order valence-electron chi connectivity index (χ4n) is 4.46. The van der Waals surface area contributed by atoms with Gasteiger partial charge in [-0.05, 0) is 37.1 Å². The molecule has 1 amide bonds. The molecule has 3 N–H and O–H groups in total. The van der Waals surface area contributed by atoms with Crippen LogP contribution in [-0.4, -0.2) is 32.0 Å². The third kappa shape index (κ3) is 3.15. The van der Waals surface area contributed by atoms with Crippen LogP contribution in [0.3, 0.4) is 0 Å². The average Bonchev–Trinajstić information content (AvgIpc) is 3.13. The number of fused-ring (bicyclic) bond motifs is 4. The van der Waals surface area contributed by atoms with Gasteiger partial charge in [-0.2, -0.15) is 5.10 Å². The van der Waals surface area contributed by atoms with Crippen molar-refractivity contribution in [3.05, 3.63) is 72.8 Å². The normalized spacial score (nSPS) is 15.5. The van der Waals surface area contributed by atoms with Crippen molar-refractivity contribution in [2.75, 3.05) is 12.3 Å². The van der Waals surface area contributed by atoms with Crippen LogP contribution in [0.4, 0.5) is 5.82 Å². The number of carbonyl (C=O) groups is 1. The van der Waals surface area contributed by atoms with Crippen molar-refractivity contribution in [1.82, 2.24) is 24.9 Å². The molecule has 0 radical (unpaired) electrons. The van der Waals surface area contributed by atoms with E-state index in [1.165, 1.54) is 12.4 Å². The molecule has 7 nitrogen and oxygen atoms in total. The molecule has 0 fully saturated rings. The molecule has 0 spiro atoms. The topological polar surface area (TPSA) is 98.2 Å². The molecule has 5 rings (SSSR count). The first kappa shape index (κ1) is 19.0. The maximum absolute atomic E-state index is 11.6. The van der Waals surface area contributed by atoms with E-state index in [4.69, 9.17) is 5.73 Å². The summed E-state index contributed by atoms with van der Waals surface area (Å²) in [5.41, 5.74) is 13.3. The summed E-state index contributed by atoms with van der Waals surface area (Å²) in [4.78, 5) is 20.5. The summed E-state index contributed by atoms with van der Waals surface area (Å²) in [6.07, 6.45) is 7.58. The molecule has 1 atom stereocenters. The molecule has 3 aromatic heterocycles. The van der Waals surface area contributed by atoms with Gasteiger partial charge in [0.25, 0.3) is 0 Å². The van der Waals surface area contributed by atoms with Gasteiger partial charge in [0.2, 0.25) is 5.91 Å². The Morgan fingerprint density at radius 2 is 2.16 bits per heavy atom. The van der Waals surface area contributed by atoms with E-state index in [9.17, 15) is 4.79 Å². The van der Waals surface area contributed by atoms with Gasteiger partial charge < -0.3 is 11.1 Å². The van der Waals surface area contributed by atoms with E-state index in [0.717, 1.165) is 50.8 Å². The molecule has 7 heteroatoms. The van der Waals surface area contributed by atoms with E-state index < -0.39 is 0 Å². The Labute approximate surface area is 179 Å². The van der Waals surface area contributed by atoms with Crippen molar-refractivity contribution in [3.8, 4) is 11.1 Å². The summed E-state index contributed by atoms with van der Waals surface area (Å²) in [5, 5.41) is 8.47. The summed E-state index contributed by atoms with van der Waals surface area (Å²) >= 11 is 0. The van der Waals surface area contributed by atoms with Gasteiger partial charge in [0, 0.05) is 40.7 Å². The SMILES string of the molecule is C=CC(=O)NC[C@@H]1C=C(C)c2c(-c3cnc4ccccc4c3)c3c(N)ncnn3c2C1. The zero-order chi connectivity index (χ0) is 21.5. The molecule has 1 aliphatic rings. The molecule has 31 heavy (non-hydrogen) atoms. The molecule has 1 aliphatic carbocycles. The largest absolute Gasteiger partial charge is 0.382 e. The second-order valence-corrected chi connectivity index (χ2v) is 7.78. The summed E-state index contributed by atoms with van der Waals surface area (Å²) in [5.74, 6) is 0.400. The van der Waals surface area contributed by atoms with Crippen LogP contribution in [0.15, 0.2) is 61.6 Å². The molecule has 4 aromatic rings. The van der Waals surface area contributed by atoms with Gasteiger partial charge in [0.05, 0.1) is 11.2 Å². The van der Waals surface area contributed by atoms with Crippen LogP contribution in [0.5, 0.6) is 0 Å². The Morgan fingerprint density at radius 1 is 1.32 bits per heavy atom. The fourth-order valence-corrected chi connectivity index (χ4v) is 4.46. The first-order valence-electron chi connectivity index (χ1n) is 10.1. The standard InChI is InChI=1S/C24H22N6O/c1-3-20(31)27-11-15-8-14(2)21-19(9-15)30-23(24(25)28-13-29-30)22(21)17-10-16-6-4-5-7-18(16)26-12-17/h3-8,10,12-13,15H,1,9,11H2,2H3,(H,27,31)(H2,25,28,29)/t15-/m1/s1. The smallest absolute Gasteiger partial charge is 0.243 e. The number of allylic oxidation sites excluding steroid dienone is 1. The van der Waals surface area contributed by atoms with Crippen molar-refractivity contribution >= 4 is 33.7 Å². The minimum absolute atomic E-state index is 0.147. The minimum Gasteiger partial charge on any atom is -0.382 e. The van der Waals surface area contributed by atoms with Gasteiger partial charge in [0.15, 0.2) is 5.82 Å². The molecule has 1 aromatic carbocycles. The van der Waals surface area contributed by atoms with Crippen molar-refractivity contribution in [3.63, 3.8) is 0 Å². The van der Waals surface area contributed by atoms with E-state index >= 15 is 0 Å². The highest BCUT2D eigenvalue weighted by Crippen LogP contribution is 2.42. The number of nitrogen functional groups attached to an aromatic ring is 1. The van der Waals surface area contributed by atoms with Crippen LogP contribution in [0.25, 0.3) is 33.1 Å². The second-order valence-electron chi connectivity index (χ2n) is 7.78. The number of nitrogens with one attached hydrogen (secondary N) is 1. The Morgan fingerprint density at radius 3 is 3.00 bits per heavy atom. The zero-order valence-corrected chi connectivity index (χ0v) is 17.2. The highest BCUT2D eigenvalue weighted by molar-refractivity contribution is 5.99. The number of pyridine rings is 1. The maximum atomic E-state index is 11.6. The number of nitrogens with zero attached hydrogens (tertiary/aromatic N) is 4. The quantitative estimate of drug-likeness (QED) is 0.503. The summed E-state index contributed by atoms with van der Waals surface area (Å²) in [6.45, 7) is 6.13. The van der Waals surface area contributed by atoms with Gasteiger partial charge in [-0.1, -0.05) is 30.9 Å². The molecule has 3 heterocycles. The summed E-state index contributed by atoms with van der Waals surface area (Å²) < 4.78 is 1.89. The van der Waals surface area contributed by atoms with Gasteiger partial charge in [-0.3, -0.25) is 9.78 Å². The third-order valence-electron chi connectivity index (χ3n) is 5.79. The molecular weight excluding hydrogens is 388 g/mol. The first-order chi connectivity index (χ1) is 15.1. The lowest BCUT2D eigenvalue weighted by atomic mass is 9.86. The second kappa shape index (κ2) is 7.36. The van der Waals surface area contributed by atoms with Gasteiger partial charge in [0.1, 0.15) is 11.8 Å². The highest BCUT2D eigenvalue weighted by Gasteiger charge is 2.28. The van der Waals surface area contributed by atoms with Crippen LogP contribution in [0, 0.1) is 5.92 Å². The van der Waals surface area contributed by atoms with E-state index in [1.807, 2.05) is 28.9 Å². The van der Waals surface area contributed by atoms with Crippen LogP contribution in [-0.2, 0) is 11.2 Å². The lowest BCUT2D eigenvalue weighted by Gasteiger charge is -2.21. The van der Waals surface area contributed by atoms with Crippen molar-refractivity contribution in [1.29, 1.82) is 0 Å². The monoisotopic (exact) mass is 410 g/mol. The van der Waals surface area contributed by atoms with E-state index in [-0.39, 0.29) is 11.8 Å². The molecule has 154 valence electrons. The Bertz CT molecular complexity index is 1380. The van der Waals surface area contributed by atoms with E-state index in [2.05, 4.69) is 52.1 Å². The van der Waals surface area contributed by atoms with Crippen LogP contribution in [0.2, 0.25) is 0 Å². The molecule has 0 bridgehead atoms. The van der Waals surface area contributed by atoms with Crippen LogP contribution < -0.4 is 11.1 Å². The molecular formula is C24H22N6O. The van der Waals surface area contributed by atoms with E-state index in [1.54, 1.807) is 0 Å². The summed E-state index contributed by atoms with van der Waals surface area (Å²) in [7, 11) is 0. The Hall–Kier alpha value is -4.00. The molecule has 0 saturated carbocycles. The van der Waals surface area contributed by atoms with Gasteiger partial charge in [-0.25, -0.2) is 9.50 Å². The van der Waals surface area contributed by atoms with Crippen molar-refractivity contribution in [2.45, 2.75) is 13.3 Å². The number of aromatic nitrogens is 4. The fraction of sp³-hybridized carbons (Fsp3) is 0.167. The minimum atomic E-state index is -0.175. The molecule has 0 unspecified atom stereocenters. The number of rotatable bonds is 4. The number of anilines is 1. The number of para-hydroxylation sites is 1. The van der Waals surface area contributed by atoms with Crippen LogP contribution in [0.1, 0.15) is 18.2 Å².